The standard InChI is InChI=1S/C14H13N5OS2/c1-9-3-5-10(6-4-9)16-13-18-19-14(22-13)21-12-15-8-7-11(17-12)20-2/h3-8H,1-2H3,(H,16,18). The van der Waals surface area contributed by atoms with E-state index in [1.165, 1.54) is 28.7 Å². The first-order valence-electron chi connectivity index (χ1n) is 6.45. The van der Waals surface area contributed by atoms with Gasteiger partial charge < -0.3 is 10.1 Å². The molecule has 3 aromatic rings. The van der Waals surface area contributed by atoms with Gasteiger partial charge in [0.1, 0.15) is 0 Å². The summed E-state index contributed by atoms with van der Waals surface area (Å²) in [6.45, 7) is 2.05. The van der Waals surface area contributed by atoms with Crippen molar-refractivity contribution in [3.63, 3.8) is 0 Å². The van der Waals surface area contributed by atoms with Crippen LogP contribution in [0.1, 0.15) is 5.56 Å². The number of hydrogen-bond acceptors (Lipinski definition) is 8. The van der Waals surface area contributed by atoms with Crippen molar-refractivity contribution in [2.45, 2.75) is 16.4 Å². The van der Waals surface area contributed by atoms with E-state index in [9.17, 15) is 0 Å². The van der Waals surface area contributed by atoms with Crippen LogP contribution in [0.2, 0.25) is 0 Å². The van der Waals surface area contributed by atoms with E-state index in [1.54, 1.807) is 19.4 Å². The zero-order valence-corrected chi connectivity index (χ0v) is 13.6. The first-order chi connectivity index (χ1) is 10.7. The molecule has 0 spiro atoms. The second-order valence-electron chi connectivity index (χ2n) is 4.35. The fourth-order valence-corrected chi connectivity index (χ4v) is 3.24. The zero-order chi connectivity index (χ0) is 15.4. The number of nitrogens with one attached hydrogen (secondary N) is 1. The van der Waals surface area contributed by atoms with Gasteiger partial charge in [0.2, 0.25) is 11.0 Å². The van der Waals surface area contributed by atoms with Crippen molar-refractivity contribution in [2.24, 2.45) is 0 Å². The van der Waals surface area contributed by atoms with Gasteiger partial charge in [0.05, 0.1) is 7.11 Å². The molecule has 0 aliphatic carbocycles. The minimum Gasteiger partial charge on any atom is -0.481 e. The normalized spacial score (nSPS) is 10.5. The number of nitrogens with zero attached hydrogens (tertiary/aromatic N) is 4. The molecule has 0 bridgehead atoms. The third-order valence-electron chi connectivity index (χ3n) is 2.70. The maximum absolute atomic E-state index is 5.08. The van der Waals surface area contributed by atoms with Crippen LogP contribution < -0.4 is 10.1 Å². The van der Waals surface area contributed by atoms with Crippen LogP contribution in [-0.2, 0) is 0 Å². The molecule has 0 radical (unpaired) electrons. The Bertz CT molecular complexity index is 760. The van der Waals surface area contributed by atoms with Gasteiger partial charge in [-0.05, 0) is 30.8 Å². The molecule has 1 N–H and O–H groups in total. The summed E-state index contributed by atoms with van der Waals surface area (Å²) in [7, 11) is 1.57. The van der Waals surface area contributed by atoms with Gasteiger partial charge >= 0.3 is 0 Å². The van der Waals surface area contributed by atoms with Crippen LogP contribution >= 0.6 is 23.1 Å². The maximum atomic E-state index is 5.08. The third-order valence-corrected chi connectivity index (χ3v) is 4.47. The molecule has 1 aromatic carbocycles. The van der Waals surface area contributed by atoms with Crippen molar-refractivity contribution < 1.29 is 4.74 Å². The molecule has 0 unspecified atom stereocenters. The smallest absolute Gasteiger partial charge is 0.217 e. The van der Waals surface area contributed by atoms with Crippen molar-refractivity contribution in [3.8, 4) is 5.88 Å². The summed E-state index contributed by atoms with van der Waals surface area (Å²) in [4.78, 5) is 8.41. The number of methoxy groups -OCH3 is 1. The molecule has 6 nitrogen and oxygen atoms in total. The Hall–Kier alpha value is -2.19. The largest absolute Gasteiger partial charge is 0.481 e. The number of benzene rings is 1. The Labute approximate surface area is 136 Å². The van der Waals surface area contributed by atoms with Gasteiger partial charge in [-0.2, -0.15) is 4.98 Å². The quantitative estimate of drug-likeness (QED) is 0.717. The van der Waals surface area contributed by atoms with E-state index < -0.39 is 0 Å². The predicted molar refractivity (Wildman–Crippen MR) is 87.1 cm³/mol. The second kappa shape index (κ2) is 6.71. The molecule has 0 saturated heterocycles. The van der Waals surface area contributed by atoms with Crippen LogP contribution in [0.25, 0.3) is 0 Å². The number of hydrogen-bond donors (Lipinski definition) is 1. The zero-order valence-electron chi connectivity index (χ0n) is 12.0. The van der Waals surface area contributed by atoms with Gasteiger partial charge in [0.15, 0.2) is 9.50 Å². The number of anilines is 2. The van der Waals surface area contributed by atoms with Gasteiger partial charge in [-0.15, -0.1) is 10.2 Å². The Morgan fingerprint density at radius 1 is 1.14 bits per heavy atom. The average molecular weight is 331 g/mol. The molecule has 112 valence electrons. The lowest BCUT2D eigenvalue weighted by molar-refractivity contribution is 0.392. The van der Waals surface area contributed by atoms with Crippen LogP contribution in [-0.4, -0.2) is 27.3 Å². The van der Waals surface area contributed by atoms with E-state index in [0.29, 0.717) is 11.0 Å². The highest BCUT2D eigenvalue weighted by atomic mass is 32.2. The van der Waals surface area contributed by atoms with Crippen LogP contribution in [0.15, 0.2) is 46.0 Å². The van der Waals surface area contributed by atoms with E-state index in [2.05, 4.69) is 32.4 Å². The highest BCUT2D eigenvalue weighted by molar-refractivity contribution is 8.00. The number of aryl methyl sites for hydroxylation is 1. The van der Waals surface area contributed by atoms with Crippen molar-refractivity contribution in [1.82, 2.24) is 20.2 Å². The van der Waals surface area contributed by atoms with Gasteiger partial charge in [-0.3, -0.25) is 0 Å². The van der Waals surface area contributed by atoms with E-state index in [-0.39, 0.29) is 0 Å². The van der Waals surface area contributed by atoms with E-state index in [1.807, 2.05) is 24.3 Å². The van der Waals surface area contributed by atoms with Crippen LogP contribution in [0.3, 0.4) is 0 Å². The van der Waals surface area contributed by atoms with Crippen molar-refractivity contribution in [2.75, 3.05) is 12.4 Å². The monoisotopic (exact) mass is 331 g/mol. The number of ether oxygens (including phenoxy) is 1. The summed E-state index contributed by atoms with van der Waals surface area (Å²) in [5.41, 5.74) is 2.20. The first-order valence-corrected chi connectivity index (χ1v) is 8.08. The van der Waals surface area contributed by atoms with E-state index in [4.69, 9.17) is 4.74 Å². The topological polar surface area (TPSA) is 72.8 Å². The molecule has 3 rings (SSSR count). The molecule has 0 saturated carbocycles. The number of rotatable bonds is 5. The summed E-state index contributed by atoms with van der Waals surface area (Å²) < 4.78 is 5.84. The molecular weight excluding hydrogens is 318 g/mol. The summed E-state index contributed by atoms with van der Waals surface area (Å²) in [6.07, 6.45) is 1.65. The molecular formula is C14H13N5OS2. The van der Waals surface area contributed by atoms with E-state index >= 15 is 0 Å². The molecule has 0 fully saturated rings. The summed E-state index contributed by atoms with van der Waals surface area (Å²) in [6, 6.07) is 9.81. The molecule has 0 amide bonds. The van der Waals surface area contributed by atoms with Crippen LogP contribution in [0, 0.1) is 6.92 Å². The fraction of sp³-hybridized carbons (Fsp3) is 0.143. The second-order valence-corrected chi connectivity index (χ2v) is 6.54. The summed E-state index contributed by atoms with van der Waals surface area (Å²) in [5.74, 6) is 0.528. The Morgan fingerprint density at radius 3 is 2.73 bits per heavy atom. The average Bonchev–Trinajstić information content (AvgIpc) is 2.97. The van der Waals surface area contributed by atoms with Crippen molar-refractivity contribution >= 4 is 33.9 Å². The van der Waals surface area contributed by atoms with E-state index in [0.717, 1.165) is 15.2 Å². The minimum atomic E-state index is 0.528. The molecule has 0 atom stereocenters. The minimum absolute atomic E-state index is 0.528. The molecule has 0 aliphatic rings. The molecule has 2 aromatic heterocycles. The highest BCUT2D eigenvalue weighted by Gasteiger charge is 2.09. The van der Waals surface area contributed by atoms with Crippen molar-refractivity contribution in [1.29, 1.82) is 0 Å². The van der Waals surface area contributed by atoms with Crippen molar-refractivity contribution in [3.05, 3.63) is 42.1 Å². The SMILES string of the molecule is COc1ccnc(Sc2nnc(Nc3ccc(C)cc3)s2)n1. The Balaban J connectivity index is 1.69. The Morgan fingerprint density at radius 2 is 1.95 bits per heavy atom. The molecule has 8 heteroatoms. The molecule has 2 heterocycles. The molecule has 22 heavy (non-hydrogen) atoms. The van der Waals surface area contributed by atoms with Crippen LogP contribution in [0.5, 0.6) is 5.88 Å². The third kappa shape index (κ3) is 3.71. The Kier molecular flexibility index (Phi) is 4.50. The van der Waals surface area contributed by atoms with Gasteiger partial charge in [0, 0.05) is 18.0 Å². The number of aromatic nitrogens is 4. The van der Waals surface area contributed by atoms with Crippen LogP contribution in [0.4, 0.5) is 10.8 Å². The van der Waals surface area contributed by atoms with Gasteiger partial charge in [-0.25, -0.2) is 4.98 Å². The highest BCUT2D eigenvalue weighted by Crippen LogP contribution is 2.31. The lowest BCUT2D eigenvalue weighted by Gasteiger charge is -2.01. The molecule has 0 aliphatic heterocycles. The lowest BCUT2D eigenvalue weighted by Crippen LogP contribution is -1.90. The maximum Gasteiger partial charge on any atom is 0.217 e. The summed E-state index contributed by atoms with van der Waals surface area (Å²) >= 11 is 2.80. The first kappa shape index (κ1) is 14.7. The summed E-state index contributed by atoms with van der Waals surface area (Å²) in [5, 5.41) is 12.8. The fourth-order valence-electron chi connectivity index (χ4n) is 1.63. The van der Waals surface area contributed by atoms with Gasteiger partial charge in [-0.1, -0.05) is 29.0 Å². The lowest BCUT2D eigenvalue weighted by atomic mass is 10.2. The predicted octanol–water partition coefficient (Wildman–Crippen LogP) is 3.54. The van der Waals surface area contributed by atoms with Gasteiger partial charge in [0.25, 0.3) is 0 Å².